The Morgan fingerprint density at radius 3 is 2.59 bits per heavy atom. The van der Waals surface area contributed by atoms with Crippen LogP contribution in [0.1, 0.15) is 37.3 Å². The highest BCUT2D eigenvalue weighted by molar-refractivity contribution is 6.31. The van der Waals surface area contributed by atoms with Gasteiger partial charge in [-0.15, -0.1) is 0 Å². The minimum Gasteiger partial charge on any atom is -0.322 e. The topological polar surface area (TPSA) is 29.3 Å². The summed E-state index contributed by atoms with van der Waals surface area (Å²) in [7, 11) is 2.16. The first-order valence-electron chi connectivity index (χ1n) is 6.15. The zero-order chi connectivity index (χ0) is 12.6. The van der Waals surface area contributed by atoms with Crippen molar-refractivity contribution in [3.63, 3.8) is 0 Å². The number of nitrogens with zero attached hydrogens (tertiary/aromatic N) is 1. The molecule has 1 unspecified atom stereocenters. The number of hydrogen-bond donors (Lipinski definition) is 1. The highest BCUT2D eigenvalue weighted by Crippen LogP contribution is 2.33. The second-order valence-corrected chi connectivity index (χ2v) is 6.11. The Labute approximate surface area is 109 Å². The molecule has 17 heavy (non-hydrogen) atoms. The van der Waals surface area contributed by atoms with Crippen LogP contribution in [0.2, 0.25) is 5.02 Å². The van der Waals surface area contributed by atoms with Crippen LogP contribution in [-0.4, -0.2) is 25.0 Å². The van der Waals surface area contributed by atoms with Crippen molar-refractivity contribution in [2.45, 2.75) is 31.7 Å². The highest BCUT2D eigenvalue weighted by Gasteiger charge is 2.24. The summed E-state index contributed by atoms with van der Waals surface area (Å²) in [5.74, 6) is 0.572. The molecule has 2 rings (SSSR count). The number of nitrogens with two attached hydrogens (primary N) is 1. The Kier molecular flexibility index (Phi) is 3.48. The van der Waals surface area contributed by atoms with Gasteiger partial charge < -0.3 is 10.6 Å². The van der Waals surface area contributed by atoms with Gasteiger partial charge in [0.15, 0.2) is 0 Å². The van der Waals surface area contributed by atoms with Gasteiger partial charge in [0.25, 0.3) is 0 Å². The molecule has 1 aromatic rings. The van der Waals surface area contributed by atoms with Crippen molar-refractivity contribution in [3.05, 3.63) is 34.3 Å². The summed E-state index contributed by atoms with van der Waals surface area (Å²) in [6.07, 6.45) is 1.20. The molecule has 0 spiro atoms. The fourth-order valence-electron chi connectivity index (χ4n) is 2.45. The molecule has 1 heterocycles. The van der Waals surface area contributed by atoms with Crippen LogP contribution in [0.25, 0.3) is 0 Å². The molecule has 0 radical (unpaired) electrons. The zero-order valence-electron chi connectivity index (χ0n) is 10.8. The number of likely N-dealkylation sites (N-methyl/N-ethyl adjacent to an activating group) is 1. The molecule has 3 heteroatoms. The molecule has 94 valence electrons. The largest absolute Gasteiger partial charge is 0.322 e. The van der Waals surface area contributed by atoms with Crippen LogP contribution in [-0.2, 0) is 5.54 Å². The van der Waals surface area contributed by atoms with Crippen LogP contribution in [0.3, 0.4) is 0 Å². The van der Waals surface area contributed by atoms with E-state index in [1.54, 1.807) is 0 Å². The molecule has 0 aliphatic carbocycles. The van der Waals surface area contributed by atoms with Crippen molar-refractivity contribution in [2.75, 3.05) is 20.1 Å². The lowest BCUT2D eigenvalue weighted by Gasteiger charge is -2.21. The Morgan fingerprint density at radius 2 is 2.12 bits per heavy atom. The second-order valence-electron chi connectivity index (χ2n) is 5.71. The molecular weight excluding hydrogens is 232 g/mol. The van der Waals surface area contributed by atoms with Crippen LogP contribution in [0, 0.1) is 0 Å². The summed E-state index contributed by atoms with van der Waals surface area (Å²) >= 11 is 6.39. The fraction of sp³-hybridized carbons (Fsp3) is 0.571. The molecule has 0 amide bonds. The van der Waals surface area contributed by atoms with E-state index < -0.39 is 0 Å². The maximum Gasteiger partial charge on any atom is 0.0444 e. The second kappa shape index (κ2) is 4.60. The number of rotatable bonds is 2. The molecule has 0 saturated carbocycles. The smallest absolute Gasteiger partial charge is 0.0444 e. The third-order valence-corrected chi connectivity index (χ3v) is 3.90. The van der Waals surface area contributed by atoms with Crippen LogP contribution in [0.4, 0.5) is 0 Å². The minimum atomic E-state index is -0.325. The molecule has 1 saturated heterocycles. The van der Waals surface area contributed by atoms with Gasteiger partial charge in [-0.25, -0.2) is 0 Å². The third-order valence-electron chi connectivity index (χ3n) is 3.58. The molecule has 0 aromatic heterocycles. The molecule has 1 aromatic carbocycles. The van der Waals surface area contributed by atoms with Gasteiger partial charge in [-0.2, -0.15) is 0 Å². The average molecular weight is 253 g/mol. The monoisotopic (exact) mass is 252 g/mol. The normalized spacial score (nSPS) is 22.1. The molecule has 1 aliphatic heterocycles. The van der Waals surface area contributed by atoms with E-state index in [0.29, 0.717) is 5.92 Å². The zero-order valence-corrected chi connectivity index (χ0v) is 11.6. The molecule has 2 nitrogen and oxygen atoms in total. The van der Waals surface area contributed by atoms with Crippen LogP contribution >= 0.6 is 11.6 Å². The first kappa shape index (κ1) is 12.9. The van der Waals surface area contributed by atoms with Gasteiger partial charge in [0.1, 0.15) is 0 Å². The minimum absolute atomic E-state index is 0.325. The van der Waals surface area contributed by atoms with Crippen molar-refractivity contribution in [2.24, 2.45) is 5.73 Å². The fourth-order valence-corrected chi connectivity index (χ4v) is 2.78. The van der Waals surface area contributed by atoms with Gasteiger partial charge in [-0.1, -0.05) is 23.7 Å². The van der Waals surface area contributed by atoms with E-state index in [4.69, 9.17) is 17.3 Å². The summed E-state index contributed by atoms with van der Waals surface area (Å²) in [4.78, 5) is 2.35. The summed E-state index contributed by atoms with van der Waals surface area (Å²) in [5, 5.41) is 0.862. The first-order chi connectivity index (χ1) is 7.88. The van der Waals surface area contributed by atoms with Crippen molar-refractivity contribution in [3.8, 4) is 0 Å². The van der Waals surface area contributed by atoms with E-state index >= 15 is 0 Å². The quantitative estimate of drug-likeness (QED) is 0.877. The number of halogens is 1. The Morgan fingerprint density at radius 1 is 1.41 bits per heavy atom. The van der Waals surface area contributed by atoms with Crippen molar-refractivity contribution >= 4 is 11.6 Å². The molecular formula is C14H21ClN2. The summed E-state index contributed by atoms with van der Waals surface area (Å²) in [5.41, 5.74) is 8.12. The van der Waals surface area contributed by atoms with E-state index in [1.807, 2.05) is 19.9 Å². The van der Waals surface area contributed by atoms with Gasteiger partial charge in [0.05, 0.1) is 0 Å². The van der Waals surface area contributed by atoms with E-state index in [0.717, 1.165) is 23.7 Å². The van der Waals surface area contributed by atoms with Crippen LogP contribution in [0.15, 0.2) is 18.2 Å². The molecule has 0 bridgehead atoms. The number of hydrogen-bond acceptors (Lipinski definition) is 2. The molecule has 1 aliphatic rings. The lowest BCUT2D eigenvalue weighted by atomic mass is 9.91. The number of benzene rings is 1. The molecule has 1 fully saturated rings. The maximum atomic E-state index is 6.39. The van der Waals surface area contributed by atoms with Crippen LogP contribution in [0.5, 0.6) is 0 Å². The van der Waals surface area contributed by atoms with Gasteiger partial charge in [-0.05, 0) is 57.0 Å². The SMILES string of the molecule is CN1CCC(c2ccc(C(C)(C)N)cc2Cl)C1. The standard InChI is InChI=1S/C14H21ClN2/c1-14(2,16)11-4-5-12(13(15)8-11)10-6-7-17(3)9-10/h4-5,8,10H,6-7,9,16H2,1-3H3. The maximum absolute atomic E-state index is 6.39. The van der Waals surface area contributed by atoms with E-state index in [9.17, 15) is 0 Å². The lowest BCUT2D eigenvalue weighted by Crippen LogP contribution is -2.28. The molecule has 2 N–H and O–H groups in total. The van der Waals surface area contributed by atoms with Gasteiger partial charge in [0.2, 0.25) is 0 Å². The predicted octanol–water partition coefficient (Wildman–Crippen LogP) is 2.95. The Balaban J connectivity index is 2.26. The average Bonchev–Trinajstić information content (AvgIpc) is 2.63. The van der Waals surface area contributed by atoms with Gasteiger partial charge >= 0.3 is 0 Å². The Hall–Kier alpha value is -0.570. The van der Waals surface area contributed by atoms with E-state index in [-0.39, 0.29) is 5.54 Å². The summed E-state index contributed by atoms with van der Waals surface area (Å²) in [6.45, 7) is 6.26. The van der Waals surface area contributed by atoms with Crippen LogP contribution < -0.4 is 5.73 Å². The highest BCUT2D eigenvalue weighted by atomic mass is 35.5. The van der Waals surface area contributed by atoms with E-state index in [1.165, 1.54) is 12.0 Å². The van der Waals surface area contributed by atoms with Gasteiger partial charge in [-0.3, -0.25) is 0 Å². The Bertz CT molecular complexity index is 409. The predicted molar refractivity (Wildman–Crippen MR) is 73.5 cm³/mol. The summed E-state index contributed by atoms with van der Waals surface area (Å²) in [6, 6.07) is 6.28. The third kappa shape index (κ3) is 2.82. The van der Waals surface area contributed by atoms with Crippen molar-refractivity contribution < 1.29 is 0 Å². The van der Waals surface area contributed by atoms with Crippen molar-refractivity contribution in [1.82, 2.24) is 4.90 Å². The van der Waals surface area contributed by atoms with Crippen molar-refractivity contribution in [1.29, 1.82) is 0 Å². The number of likely N-dealkylation sites (tertiary alicyclic amines) is 1. The summed E-state index contributed by atoms with van der Waals surface area (Å²) < 4.78 is 0. The first-order valence-corrected chi connectivity index (χ1v) is 6.53. The van der Waals surface area contributed by atoms with E-state index in [2.05, 4.69) is 24.1 Å². The van der Waals surface area contributed by atoms with Gasteiger partial charge in [0, 0.05) is 17.1 Å². The lowest BCUT2D eigenvalue weighted by molar-refractivity contribution is 0.411. The molecule has 1 atom stereocenters.